The van der Waals surface area contributed by atoms with Crippen LogP contribution in [0.3, 0.4) is 0 Å². The van der Waals surface area contributed by atoms with Gasteiger partial charge in [0.05, 0.1) is 31.3 Å². The average Bonchev–Trinajstić information content (AvgIpc) is 3.13. The van der Waals surface area contributed by atoms with Gasteiger partial charge < -0.3 is 64.9 Å². The van der Waals surface area contributed by atoms with E-state index in [2.05, 4.69) is 33.8 Å². The summed E-state index contributed by atoms with van der Waals surface area (Å²) in [4.78, 5) is 28.9. The number of Topliss-reactive ketones (excluding diaryl/α,β-unsaturated/α-hetero) is 1. The molecule has 7 aliphatic rings. The van der Waals surface area contributed by atoms with Crippen LogP contribution in [0.15, 0.2) is 11.6 Å². The Bertz CT molecular complexity index is 1570. The molecule has 0 radical (unpaired) electrons. The van der Waals surface area contributed by atoms with E-state index in [9.17, 15) is 55.5 Å². The van der Waals surface area contributed by atoms with Crippen molar-refractivity contribution in [3.63, 3.8) is 0 Å². The number of ketones is 1. The molecule has 0 aromatic rings. The van der Waals surface area contributed by atoms with Gasteiger partial charge >= 0.3 is 5.97 Å². The molecule has 56 heavy (non-hydrogen) atoms. The van der Waals surface area contributed by atoms with E-state index in [1.54, 1.807) is 6.92 Å². The van der Waals surface area contributed by atoms with Gasteiger partial charge in [0.1, 0.15) is 48.8 Å². The number of hydrogen-bond acceptors (Lipinski definition) is 15. The smallest absolute Gasteiger partial charge is 0.315 e. The summed E-state index contributed by atoms with van der Waals surface area (Å²) in [5, 5.41) is 95.8. The number of aliphatic hydroxyl groups excluding tert-OH is 9. The molecule has 6 fully saturated rings. The van der Waals surface area contributed by atoms with E-state index in [-0.39, 0.29) is 36.1 Å². The molecule has 0 spiro atoms. The monoisotopic (exact) mass is 796 g/mol. The molecule has 15 heteroatoms. The minimum absolute atomic E-state index is 0.0110. The van der Waals surface area contributed by atoms with Crippen molar-refractivity contribution in [2.24, 2.45) is 50.2 Å². The number of aliphatic hydroxyl groups is 9. The minimum atomic E-state index is -1.75. The number of fused-ring (bicyclic) bond motifs is 7. The van der Waals surface area contributed by atoms with Crippen molar-refractivity contribution in [1.29, 1.82) is 0 Å². The summed E-state index contributed by atoms with van der Waals surface area (Å²) < 4.78 is 23.1. The Morgan fingerprint density at radius 1 is 0.821 bits per heavy atom. The largest absolute Gasteiger partial charge is 0.432 e. The lowest BCUT2D eigenvalue weighted by molar-refractivity contribution is -0.329. The third-order valence-electron chi connectivity index (χ3n) is 16.6. The van der Waals surface area contributed by atoms with Gasteiger partial charge in [-0.3, -0.25) is 9.59 Å². The second kappa shape index (κ2) is 14.3. The summed E-state index contributed by atoms with van der Waals surface area (Å²) in [5.41, 5.74) is -3.19. The summed E-state index contributed by atoms with van der Waals surface area (Å²) in [5.74, 6) is -1.89. The molecule has 0 aromatic carbocycles. The van der Waals surface area contributed by atoms with Gasteiger partial charge in [-0.05, 0) is 78.4 Å². The maximum atomic E-state index is 14.4. The van der Waals surface area contributed by atoms with Crippen LogP contribution in [0.25, 0.3) is 0 Å². The predicted octanol–water partition coefficient (Wildman–Crippen LogP) is 0.0776. The van der Waals surface area contributed by atoms with E-state index < -0.39 is 120 Å². The molecule has 19 atom stereocenters. The summed E-state index contributed by atoms with van der Waals surface area (Å²) in [7, 11) is 0. The fourth-order valence-corrected chi connectivity index (χ4v) is 13.3. The zero-order valence-electron chi connectivity index (χ0n) is 33.4. The Labute approximate surface area is 328 Å². The highest BCUT2D eigenvalue weighted by molar-refractivity contribution is 5.86. The van der Waals surface area contributed by atoms with Gasteiger partial charge in [0, 0.05) is 17.8 Å². The van der Waals surface area contributed by atoms with Crippen LogP contribution < -0.4 is 0 Å². The van der Waals surface area contributed by atoms with Crippen molar-refractivity contribution in [3.05, 3.63) is 11.6 Å². The zero-order valence-corrected chi connectivity index (χ0v) is 33.4. The Balaban J connectivity index is 1.22. The molecule has 318 valence electrons. The summed E-state index contributed by atoms with van der Waals surface area (Å²) in [6.45, 7) is 11.0. The van der Waals surface area contributed by atoms with Gasteiger partial charge in [-0.1, -0.05) is 53.2 Å². The average molecular weight is 797 g/mol. The molecule has 2 aliphatic heterocycles. The van der Waals surface area contributed by atoms with Crippen LogP contribution in [0, 0.1) is 50.2 Å². The predicted molar refractivity (Wildman–Crippen MR) is 195 cm³/mol. The number of allylic oxidation sites excluding steroid dienone is 2. The molecule has 2 saturated heterocycles. The lowest BCUT2D eigenvalue weighted by atomic mass is 9.33. The molecule has 2 heterocycles. The SMILES string of the molecule is CC1(C)CCC2(C(=O)OC3OCC(O)C(O)C3O)CCC3(C)C(=CCC4C5(C)CC(=O)C(OC6OC(CO)C(O)C(O)C6O)C(C)(CO)C5C(O)CC43C)C2C1. The number of rotatable bonds is 6. The van der Waals surface area contributed by atoms with Crippen LogP contribution in [0.5, 0.6) is 0 Å². The molecule has 0 aromatic heterocycles. The molecule has 9 N–H and O–H groups in total. The molecule has 15 nitrogen and oxygen atoms in total. The summed E-state index contributed by atoms with van der Waals surface area (Å²) in [6.07, 6.45) is -10.0. The first kappa shape index (κ1) is 42.5. The van der Waals surface area contributed by atoms with E-state index >= 15 is 0 Å². The topological polar surface area (TPSA) is 253 Å². The Morgan fingerprint density at radius 2 is 1.48 bits per heavy atom. The van der Waals surface area contributed by atoms with Crippen molar-refractivity contribution in [3.8, 4) is 0 Å². The van der Waals surface area contributed by atoms with Gasteiger partial charge in [0.25, 0.3) is 0 Å². The van der Waals surface area contributed by atoms with Crippen molar-refractivity contribution in [2.75, 3.05) is 19.8 Å². The number of esters is 1. The molecule has 7 rings (SSSR count). The van der Waals surface area contributed by atoms with Crippen molar-refractivity contribution < 1.29 is 74.5 Å². The van der Waals surface area contributed by atoms with Gasteiger partial charge in [-0.15, -0.1) is 0 Å². The number of carbonyl (C=O) groups excluding carboxylic acids is 2. The quantitative estimate of drug-likeness (QED) is 0.0981. The first-order valence-corrected chi connectivity index (χ1v) is 20.4. The lowest BCUT2D eigenvalue weighted by Crippen LogP contribution is -2.72. The molecule has 0 amide bonds. The second-order valence-corrected chi connectivity index (χ2v) is 20.2. The number of hydrogen-bond donors (Lipinski definition) is 9. The van der Waals surface area contributed by atoms with E-state index in [1.165, 1.54) is 0 Å². The zero-order chi connectivity index (χ0) is 41.1. The highest BCUT2D eigenvalue weighted by Gasteiger charge is 2.73. The maximum Gasteiger partial charge on any atom is 0.315 e. The van der Waals surface area contributed by atoms with Crippen LogP contribution >= 0.6 is 0 Å². The van der Waals surface area contributed by atoms with Crippen molar-refractivity contribution in [1.82, 2.24) is 0 Å². The van der Waals surface area contributed by atoms with Gasteiger partial charge in [0.15, 0.2) is 12.1 Å². The van der Waals surface area contributed by atoms with Crippen molar-refractivity contribution in [2.45, 2.75) is 160 Å². The minimum Gasteiger partial charge on any atom is -0.432 e. The fourth-order valence-electron chi connectivity index (χ4n) is 13.3. The Hall–Kier alpha value is -1.60. The molecule has 4 saturated carbocycles. The van der Waals surface area contributed by atoms with Gasteiger partial charge in [0.2, 0.25) is 6.29 Å². The summed E-state index contributed by atoms with van der Waals surface area (Å²) in [6, 6.07) is 0. The second-order valence-electron chi connectivity index (χ2n) is 20.2. The number of ether oxygens (including phenoxy) is 4. The Kier molecular flexibility index (Phi) is 10.8. The van der Waals surface area contributed by atoms with Crippen LogP contribution in [0.2, 0.25) is 0 Å². The van der Waals surface area contributed by atoms with E-state index in [4.69, 9.17) is 18.9 Å². The van der Waals surface area contributed by atoms with Crippen LogP contribution in [0.1, 0.15) is 92.9 Å². The lowest BCUT2D eigenvalue weighted by Gasteiger charge is -2.72. The highest BCUT2D eigenvalue weighted by atomic mass is 16.7. The first-order chi connectivity index (χ1) is 26.0. The number of carbonyl (C=O) groups is 2. The molecule has 0 bridgehead atoms. The summed E-state index contributed by atoms with van der Waals surface area (Å²) >= 11 is 0. The van der Waals surface area contributed by atoms with Crippen LogP contribution in [-0.4, -0.2) is 145 Å². The van der Waals surface area contributed by atoms with Crippen LogP contribution in [0.4, 0.5) is 0 Å². The van der Waals surface area contributed by atoms with E-state index in [0.717, 1.165) is 12.0 Å². The molecular weight excluding hydrogens is 732 g/mol. The third-order valence-corrected chi connectivity index (χ3v) is 16.6. The van der Waals surface area contributed by atoms with Crippen LogP contribution in [-0.2, 0) is 28.5 Å². The van der Waals surface area contributed by atoms with E-state index in [0.29, 0.717) is 38.5 Å². The van der Waals surface area contributed by atoms with Gasteiger partial charge in [-0.2, -0.15) is 0 Å². The third kappa shape index (κ3) is 6.04. The maximum absolute atomic E-state index is 14.4. The highest BCUT2D eigenvalue weighted by Crippen LogP contribution is 2.76. The van der Waals surface area contributed by atoms with Gasteiger partial charge in [-0.25, -0.2) is 0 Å². The van der Waals surface area contributed by atoms with E-state index in [1.807, 2.05) is 6.92 Å². The van der Waals surface area contributed by atoms with Crippen molar-refractivity contribution >= 4 is 11.8 Å². The molecule has 19 unspecified atom stereocenters. The first-order valence-electron chi connectivity index (χ1n) is 20.4. The standard InChI is InChI=1S/C41H64O15/c1-36(2)9-11-41(35(52)56-33-29(50)26(47)23(46)17-53-33)12-10-39(5)19(20(41)13-36)7-8-25-37(3)14-22(45)32(38(4,18-43)31(37)21(44)15-40(25,39)6)55-34-30(51)28(49)27(48)24(16-42)54-34/h7,20-21,23-34,42-44,46-51H,8-18H2,1-6H3. The normalized spacial score (nSPS) is 54.1. The molecule has 5 aliphatic carbocycles. The fraction of sp³-hybridized carbons (Fsp3) is 0.902. The Morgan fingerprint density at radius 3 is 2.14 bits per heavy atom. The molecular formula is C41H64O15.